The molecule has 14 heteroatoms. The molecule has 0 aromatic heterocycles. The number of hydrogen-bond donors (Lipinski definition) is 4. The highest BCUT2D eigenvalue weighted by atomic mass is 32.2. The van der Waals surface area contributed by atoms with Gasteiger partial charge in [-0.3, -0.25) is 0 Å². The summed E-state index contributed by atoms with van der Waals surface area (Å²) in [4.78, 5) is 24.8. The average molecular weight is 591 g/mol. The Kier molecular flexibility index (Phi) is 10.3. The Morgan fingerprint density at radius 1 is 0.575 bits per heavy atom. The molecule has 4 amide bonds. The third-order valence-corrected chi connectivity index (χ3v) is 7.67. The van der Waals surface area contributed by atoms with Crippen LogP contribution in [0.5, 0.6) is 11.5 Å². The van der Waals surface area contributed by atoms with Gasteiger partial charge in [0.15, 0.2) is 0 Å². The van der Waals surface area contributed by atoms with Crippen molar-refractivity contribution in [3.63, 3.8) is 0 Å². The van der Waals surface area contributed by atoms with Crippen molar-refractivity contribution in [2.45, 2.75) is 26.7 Å². The number of anilines is 4. The van der Waals surface area contributed by atoms with Crippen molar-refractivity contribution >= 4 is 55.0 Å². The maximum atomic E-state index is 12.4. The van der Waals surface area contributed by atoms with Gasteiger partial charge in [0.25, 0.3) is 0 Å². The maximum Gasteiger partial charge on any atom is 0.323 e. The molecular formula is C26H30N4O8S2. The zero-order chi connectivity index (χ0) is 29.2. The molecule has 0 saturated carbocycles. The van der Waals surface area contributed by atoms with Crippen LogP contribution >= 0.6 is 0 Å². The summed E-state index contributed by atoms with van der Waals surface area (Å²) < 4.78 is 57.1. The number of benzene rings is 3. The van der Waals surface area contributed by atoms with Gasteiger partial charge in [-0.2, -0.15) is 16.8 Å². The largest absolute Gasteiger partial charge is 0.382 e. The SMILES string of the molecule is CCCS(=O)(=O)Oc1ccc(NC(=O)Nc2cccc(NC(=O)Nc3ccc(OS(=O)(=O)CCC)cc3)c2)cc1. The fraction of sp³-hybridized carbons (Fsp3) is 0.231. The molecule has 214 valence electrons. The molecule has 0 aliphatic rings. The molecule has 0 unspecified atom stereocenters. The Balaban J connectivity index is 1.51. The second-order valence-electron chi connectivity index (χ2n) is 8.48. The molecule has 0 bridgehead atoms. The molecule has 0 saturated heterocycles. The van der Waals surface area contributed by atoms with Gasteiger partial charge < -0.3 is 29.6 Å². The lowest BCUT2D eigenvalue weighted by Gasteiger charge is -2.11. The molecule has 3 aromatic rings. The minimum atomic E-state index is -3.66. The molecule has 0 atom stereocenters. The number of carbonyl (C=O) groups excluding carboxylic acids is 2. The first kappa shape index (κ1) is 30.2. The van der Waals surface area contributed by atoms with Crippen molar-refractivity contribution in [3.8, 4) is 11.5 Å². The van der Waals surface area contributed by atoms with E-state index in [-0.39, 0.29) is 23.0 Å². The van der Waals surface area contributed by atoms with Gasteiger partial charge in [0.05, 0.1) is 11.5 Å². The minimum absolute atomic E-state index is 0.0963. The number of rotatable bonds is 12. The molecule has 12 nitrogen and oxygen atoms in total. The standard InChI is InChI=1S/C26H30N4O8S2/c1-3-16-39(33,34)37-23-12-8-19(9-13-23)27-25(31)29-21-6-5-7-22(18-21)30-26(32)28-20-10-14-24(15-11-20)38-40(35,36)17-4-2/h5-15,18H,3-4,16-17H2,1-2H3,(H2,27,29,31)(H2,28,30,32). The third-order valence-electron chi connectivity index (χ3n) is 4.96. The smallest absolute Gasteiger partial charge is 0.323 e. The van der Waals surface area contributed by atoms with Crippen LogP contribution in [0.25, 0.3) is 0 Å². The summed E-state index contributed by atoms with van der Waals surface area (Å²) in [5.74, 6) is 0.0865. The van der Waals surface area contributed by atoms with Crippen molar-refractivity contribution in [3.05, 3.63) is 72.8 Å². The van der Waals surface area contributed by atoms with Crippen LogP contribution in [0, 0.1) is 0 Å². The van der Waals surface area contributed by atoms with Gasteiger partial charge in [0, 0.05) is 22.7 Å². The van der Waals surface area contributed by atoms with E-state index in [1.165, 1.54) is 48.5 Å². The summed E-state index contributed by atoms with van der Waals surface area (Å²) in [6.07, 6.45) is 0.866. The molecule has 0 spiro atoms. The number of nitrogens with one attached hydrogen (secondary N) is 4. The van der Waals surface area contributed by atoms with Crippen molar-refractivity contribution in [1.82, 2.24) is 0 Å². The Morgan fingerprint density at radius 2 is 0.925 bits per heavy atom. The van der Waals surface area contributed by atoms with Crippen LogP contribution < -0.4 is 29.6 Å². The second kappa shape index (κ2) is 13.7. The highest BCUT2D eigenvalue weighted by Gasteiger charge is 2.13. The van der Waals surface area contributed by atoms with Crippen molar-refractivity contribution in [2.24, 2.45) is 0 Å². The molecule has 40 heavy (non-hydrogen) atoms. The second-order valence-corrected chi connectivity index (χ2v) is 11.9. The van der Waals surface area contributed by atoms with Crippen LogP contribution in [-0.4, -0.2) is 40.4 Å². The Hall–Kier alpha value is -4.30. The normalized spacial score (nSPS) is 11.2. The van der Waals surface area contributed by atoms with Gasteiger partial charge in [0.2, 0.25) is 0 Å². The van der Waals surface area contributed by atoms with Crippen molar-refractivity contribution in [2.75, 3.05) is 32.8 Å². The molecule has 0 aliphatic heterocycles. The lowest BCUT2D eigenvalue weighted by atomic mass is 10.2. The van der Waals surface area contributed by atoms with Gasteiger partial charge in [-0.25, -0.2) is 9.59 Å². The van der Waals surface area contributed by atoms with Crippen LogP contribution in [0.3, 0.4) is 0 Å². The van der Waals surface area contributed by atoms with Crippen LogP contribution in [0.15, 0.2) is 72.8 Å². The predicted octanol–water partition coefficient (Wildman–Crippen LogP) is 5.21. The van der Waals surface area contributed by atoms with E-state index >= 15 is 0 Å². The first-order valence-corrected chi connectivity index (χ1v) is 15.4. The maximum absolute atomic E-state index is 12.4. The van der Waals surface area contributed by atoms with Gasteiger partial charge >= 0.3 is 32.3 Å². The number of urea groups is 2. The lowest BCUT2D eigenvalue weighted by Crippen LogP contribution is -2.21. The molecule has 0 aliphatic carbocycles. The summed E-state index contributed by atoms with van der Waals surface area (Å²) >= 11 is 0. The first-order valence-electron chi connectivity index (χ1n) is 12.3. The molecule has 0 heterocycles. The van der Waals surface area contributed by atoms with Crippen molar-refractivity contribution < 1.29 is 34.8 Å². The number of amides is 4. The Labute approximate surface area is 233 Å². The minimum Gasteiger partial charge on any atom is -0.382 e. The fourth-order valence-corrected chi connectivity index (χ4v) is 5.30. The summed E-state index contributed by atoms with van der Waals surface area (Å²) in [5, 5.41) is 10.5. The fourth-order valence-electron chi connectivity index (χ4n) is 3.33. The van der Waals surface area contributed by atoms with Gasteiger partial charge in [-0.15, -0.1) is 0 Å². The lowest BCUT2D eigenvalue weighted by molar-refractivity contribution is 0.261. The predicted molar refractivity (Wildman–Crippen MR) is 154 cm³/mol. The summed E-state index contributed by atoms with van der Waals surface area (Å²) in [6.45, 7) is 3.47. The van der Waals surface area contributed by atoms with E-state index in [1.807, 2.05) is 0 Å². The number of carbonyl (C=O) groups is 2. The zero-order valence-electron chi connectivity index (χ0n) is 21.8. The van der Waals surface area contributed by atoms with Crippen LogP contribution in [0.4, 0.5) is 32.3 Å². The zero-order valence-corrected chi connectivity index (χ0v) is 23.5. The van der Waals surface area contributed by atoms with E-state index in [0.29, 0.717) is 35.6 Å². The Bertz CT molecular complexity index is 1410. The van der Waals surface area contributed by atoms with E-state index in [0.717, 1.165) is 0 Å². The molecule has 3 aromatic carbocycles. The van der Waals surface area contributed by atoms with E-state index in [1.54, 1.807) is 38.1 Å². The quantitative estimate of drug-likeness (QED) is 0.208. The van der Waals surface area contributed by atoms with Crippen molar-refractivity contribution in [1.29, 1.82) is 0 Å². The Morgan fingerprint density at radius 3 is 1.27 bits per heavy atom. The van der Waals surface area contributed by atoms with E-state index < -0.39 is 32.3 Å². The van der Waals surface area contributed by atoms with Gasteiger partial charge in [-0.05, 0) is 79.6 Å². The van der Waals surface area contributed by atoms with Gasteiger partial charge in [-0.1, -0.05) is 19.9 Å². The van der Waals surface area contributed by atoms with Gasteiger partial charge in [0.1, 0.15) is 11.5 Å². The monoisotopic (exact) mass is 590 g/mol. The molecule has 4 N–H and O–H groups in total. The number of hydrogen-bond acceptors (Lipinski definition) is 8. The van der Waals surface area contributed by atoms with E-state index in [9.17, 15) is 26.4 Å². The third kappa shape index (κ3) is 10.1. The first-order chi connectivity index (χ1) is 19.0. The molecule has 3 rings (SSSR count). The van der Waals surface area contributed by atoms with Crippen LogP contribution in [-0.2, 0) is 20.2 Å². The summed E-state index contributed by atoms with van der Waals surface area (Å²) in [7, 11) is -7.32. The molecular weight excluding hydrogens is 560 g/mol. The summed E-state index contributed by atoms with van der Waals surface area (Å²) in [5.41, 5.74) is 1.61. The average Bonchev–Trinajstić information content (AvgIpc) is 2.86. The van der Waals surface area contributed by atoms with E-state index in [4.69, 9.17) is 8.37 Å². The highest BCUT2D eigenvalue weighted by molar-refractivity contribution is 7.87. The van der Waals surface area contributed by atoms with Crippen LogP contribution in [0.2, 0.25) is 0 Å². The molecule has 0 radical (unpaired) electrons. The summed E-state index contributed by atoms with van der Waals surface area (Å²) in [6, 6.07) is 17.1. The molecule has 0 fully saturated rings. The highest BCUT2D eigenvalue weighted by Crippen LogP contribution is 2.21. The van der Waals surface area contributed by atoms with Crippen LogP contribution in [0.1, 0.15) is 26.7 Å². The topological polar surface area (TPSA) is 169 Å². The van der Waals surface area contributed by atoms with E-state index in [2.05, 4.69) is 21.3 Å².